The van der Waals surface area contributed by atoms with Crippen molar-refractivity contribution in [3.63, 3.8) is 0 Å². The Morgan fingerprint density at radius 2 is 1.80 bits per heavy atom. The first-order valence-corrected chi connectivity index (χ1v) is 6.76. The van der Waals surface area contributed by atoms with Crippen LogP contribution < -0.4 is 5.73 Å². The van der Waals surface area contributed by atoms with Gasteiger partial charge in [-0.25, -0.2) is 0 Å². The van der Waals surface area contributed by atoms with Crippen molar-refractivity contribution in [3.8, 4) is 0 Å². The van der Waals surface area contributed by atoms with Gasteiger partial charge in [0.25, 0.3) is 0 Å². The zero-order valence-corrected chi connectivity index (χ0v) is 11.0. The van der Waals surface area contributed by atoms with Crippen LogP contribution in [0.1, 0.15) is 59.8 Å². The molecule has 1 aliphatic carbocycles. The molecule has 15 heavy (non-hydrogen) atoms. The molecular weight excluding hydrogens is 182 g/mol. The third-order valence-electron chi connectivity index (χ3n) is 4.14. The molecule has 0 aromatic carbocycles. The van der Waals surface area contributed by atoms with Crippen molar-refractivity contribution >= 4 is 0 Å². The molecule has 1 aliphatic rings. The van der Waals surface area contributed by atoms with Gasteiger partial charge in [-0.2, -0.15) is 0 Å². The molecule has 90 valence electrons. The lowest BCUT2D eigenvalue weighted by molar-refractivity contribution is 0.176. The van der Waals surface area contributed by atoms with Gasteiger partial charge >= 0.3 is 0 Å². The van der Waals surface area contributed by atoms with E-state index in [-0.39, 0.29) is 0 Å². The van der Waals surface area contributed by atoms with Crippen LogP contribution in [-0.2, 0) is 0 Å². The molecule has 3 unspecified atom stereocenters. The van der Waals surface area contributed by atoms with E-state index in [1.165, 1.54) is 32.1 Å². The van der Waals surface area contributed by atoms with E-state index in [2.05, 4.69) is 27.7 Å². The van der Waals surface area contributed by atoms with Crippen molar-refractivity contribution < 1.29 is 0 Å². The highest BCUT2D eigenvalue weighted by Crippen LogP contribution is 2.35. The van der Waals surface area contributed by atoms with Gasteiger partial charge < -0.3 is 5.73 Å². The number of rotatable bonds is 4. The summed E-state index contributed by atoms with van der Waals surface area (Å²) in [7, 11) is 0. The monoisotopic (exact) mass is 211 g/mol. The van der Waals surface area contributed by atoms with Gasteiger partial charge in [-0.3, -0.25) is 0 Å². The first-order chi connectivity index (χ1) is 7.00. The molecule has 1 nitrogen and oxygen atoms in total. The quantitative estimate of drug-likeness (QED) is 0.751. The molecule has 1 rings (SSSR count). The molecule has 0 radical (unpaired) electrons. The maximum atomic E-state index is 6.23. The summed E-state index contributed by atoms with van der Waals surface area (Å²) in [5.41, 5.74) is 6.23. The predicted molar refractivity (Wildman–Crippen MR) is 67.7 cm³/mol. The summed E-state index contributed by atoms with van der Waals surface area (Å²) in [4.78, 5) is 0. The smallest absolute Gasteiger partial charge is 0.00673 e. The highest BCUT2D eigenvalue weighted by atomic mass is 14.7. The maximum absolute atomic E-state index is 6.23. The van der Waals surface area contributed by atoms with E-state index in [0.717, 1.165) is 23.7 Å². The van der Waals surface area contributed by atoms with Gasteiger partial charge in [0.2, 0.25) is 0 Å². The SMILES string of the molecule is CC(C)CCC1CC(C(C)C)CCC1N. The molecule has 1 saturated carbocycles. The standard InChI is InChI=1S/C14H29N/c1-10(2)5-6-13-9-12(11(3)4)7-8-14(13)15/h10-14H,5-9,15H2,1-4H3. The van der Waals surface area contributed by atoms with Crippen LogP contribution >= 0.6 is 0 Å². The van der Waals surface area contributed by atoms with Crippen molar-refractivity contribution in [2.45, 2.75) is 65.8 Å². The zero-order chi connectivity index (χ0) is 11.4. The van der Waals surface area contributed by atoms with Gasteiger partial charge in [0.05, 0.1) is 0 Å². The lowest BCUT2D eigenvalue weighted by Crippen LogP contribution is -2.37. The predicted octanol–water partition coefficient (Wildman–Crippen LogP) is 3.82. The van der Waals surface area contributed by atoms with Crippen LogP contribution in [0.3, 0.4) is 0 Å². The highest BCUT2D eigenvalue weighted by molar-refractivity contribution is 4.83. The van der Waals surface area contributed by atoms with Crippen LogP contribution in [-0.4, -0.2) is 6.04 Å². The van der Waals surface area contributed by atoms with E-state index in [1.54, 1.807) is 0 Å². The number of hydrogen-bond acceptors (Lipinski definition) is 1. The molecular formula is C14H29N. The summed E-state index contributed by atoms with van der Waals surface area (Å²) in [5.74, 6) is 3.41. The summed E-state index contributed by atoms with van der Waals surface area (Å²) in [6, 6.07) is 0.485. The minimum atomic E-state index is 0.485. The molecule has 0 saturated heterocycles. The Morgan fingerprint density at radius 3 is 2.33 bits per heavy atom. The number of hydrogen-bond donors (Lipinski definition) is 1. The minimum Gasteiger partial charge on any atom is -0.327 e. The molecule has 1 heteroatoms. The lowest BCUT2D eigenvalue weighted by Gasteiger charge is -2.36. The normalized spacial score (nSPS) is 32.6. The van der Waals surface area contributed by atoms with Crippen molar-refractivity contribution in [2.75, 3.05) is 0 Å². The Bertz CT molecular complexity index is 174. The third-order valence-corrected chi connectivity index (χ3v) is 4.14. The molecule has 2 N–H and O–H groups in total. The fraction of sp³-hybridized carbons (Fsp3) is 1.00. The van der Waals surface area contributed by atoms with Crippen LogP contribution in [0, 0.1) is 23.7 Å². The summed E-state index contributed by atoms with van der Waals surface area (Å²) in [5, 5.41) is 0. The summed E-state index contributed by atoms with van der Waals surface area (Å²) in [6.45, 7) is 9.35. The second-order valence-corrected chi connectivity index (χ2v) is 6.21. The van der Waals surface area contributed by atoms with Crippen LogP contribution in [0.5, 0.6) is 0 Å². The molecule has 0 bridgehead atoms. The molecule has 0 aliphatic heterocycles. The van der Waals surface area contributed by atoms with E-state index in [9.17, 15) is 0 Å². The second kappa shape index (κ2) is 5.89. The largest absolute Gasteiger partial charge is 0.327 e. The molecule has 0 amide bonds. The van der Waals surface area contributed by atoms with Crippen LogP contribution in [0.2, 0.25) is 0 Å². The van der Waals surface area contributed by atoms with Gasteiger partial charge in [0.15, 0.2) is 0 Å². The van der Waals surface area contributed by atoms with Crippen molar-refractivity contribution in [1.29, 1.82) is 0 Å². The second-order valence-electron chi connectivity index (χ2n) is 6.21. The molecule has 0 aromatic heterocycles. The van der Waals surface area contributed by atoms with Gasteiger partial charge in [-0.15, -0.1) is 0 Å². The Morgan fingerprint density at radius 1 is 1.13 bits per heavy atom. The molecule has 1 fully saturated rings. The molecule has 0 heterocycles. The molecule has 0 aromatic rings. The van der Waals surface area contributed by atoms with Crippen LogP contribution in [0.25, 0.3) is 0 Å². The fourth-order valence-corrected chi connectivity index (χ4v) is 2.81. The van der Waals surface area contributed by atoms with Gasteiger partial charge in [-0.05, 0) is 49.4 Å². The van der Waals surface area contributed by atoms with E-state index in [4.69, 9.17) is 5.73 Å². The number of nitrogens with two attached hydrogens (primary N) is 1. The topological polar surface area (TPSA) is 26.0 Å². The Balaban J connectivity index is 2.39. The van der Waals surface area contributed by atoms with Gasteiger partial charge in [0, 0.05) is 6.04 Å². The van der Waals surface area contributed by atoms with Crippen molar-refractivity contribution in [1.82, 2.24) is 0 Å². The first kappa shape index (κ1) is 13.0. The van der Waals surface area contributed by atoms with Crippen molar-refractivity contribution in [2.24, 2.45) is 29.4 Å². The first-order valence-electron chi connectivity index (χ1n) is 6.76. The zero-order valence-electron chi connectivity index (χ0n) is 11.0. The van der Waals surface area contributed by atoms with E-state index in [0.29, 0.717) is 6.04 Å². The average Bonchev–Trinajstić information content (AvgIpc) is 2.16. The van der Waals surface area contributed by atoms with Crippen molar-refractivity contribution in [3.05, 3.63) is 0 Å². The van der Waals surface area contributed by atoms with Gasteiger partial charge in [-0.1, -0.05) is 34.1 Å². The highest BCUT2D eigenvalue weighted by Gasteiger charge is 2.29. The average molecular weight is 211 g/mol. The summed E-state index contributed by atoms with van der Waals surface area (Å²) < 4.78 is 0. The third kappa shape index (κ3) is 4.14. The van der Waals surface area contributed by atoms with E-state index < -0.39 is 0 Å². The molecule has 3 atom stereocenters. The Labute approximate surface area is 95.8 Å². The maximum Gasteiger partial charge on any atom is 0.00673 e. The Hall–Kier alpha value is -0.0400. The molecule has 0 spiro atoms. The van der Waals surface area contributed by atoms with Crippen LogP contribution in [0.4, 0.5) is 0 Å². The Kier molecular flexibility index (Phi) is 5.11. The van der Waals surface area contributed by atoms with Gasteiger partial charge in [0.1, 0.15) is 0 Å². The minimum absolute atomic E-state index is 0.485. The van der Waals surface area contributed by atoms with E-state index >= 15 is 0 Å². The van der Waals surface area contributed by atoms with Crippen LogP contribution in [0.15, 0.2) is 0 Å². The summed E-state index contributed by atoms with van der Waals surface area (Å²) >= 11 is 0. The lowest BCUT2D eigenvalue weighted by atomic mass is 9.72. The van der Waals surface area contributed by atoms with E-state index in [1.807, 2.05) is 0 Å². The fourth-order valence-electron chi connectivity index (χ4n) is 2.81. The summed E-state index contributed by atoms with van der Waals surface area (Å²) in [6.07, 6.45) is 6.69.